The number of benzene rings is 2. The van der Waals surface area contributed by atoms with Gasteiger partial charge >= 0.3 is 5.97 Å². The molecule has 0 unspecified atom stereocenters. The maximum absolute atomic E-state index is 12.0. The van der Waals surface area contributed by atoms with Crippen LogP contribution in [0.1, 0.15) is 40.0 Å². The van der Waals surface area contributed by atoms with Crippen LogP contribution in [0.3, 0.4) is 0 Å². The molecule has 0 heterocycles. The van der Waals surface area contributed by atoms with Gasteiger partial charge < -0.3 is 10.1 Å². The van der Waals surface area contributed by atoms with E-state index in [1.54, 1.807) is 24.3 Å². The molecule has 0 saturated heterocycles. The van der Waals surface area contributed by atoms with Crippen molar-refractivity contribution < 1.29 is 14.3 Å². The van der Waals surface area contributed by atoms with Crippen LogP contribution in [0.2, 0.25) is 5.02 Å². The number of amides is 1. The maximum atomic E-state index is 12.0. The van der Waals surface area contributed by atoms with Gasteiger partial charge in [-0.3, -0.25) is 4.79 Å². The van der Waals surface area contributed by atoms with Gasteiger partial charge in [0.25, 0.3) is 5.91 Å². The summed E-state index contributed by atoms with van der Waals surface area (Å²) in [4.78, 5) is 23.9. The standard InChI is InChI=1S/C19H20ClNO3/c1-12-8-9-15(10-13(12)2)14(3)21-18(22)11-24-19(23)16-6-4-5-7-17(16)20/h4-10,14H,11H2,1-3H3,(H,21,22)/t14-/m1/s1. The lowest BCUT2D eigenvalue weighted by Gasteiger charge is -2.16. The molecule has 0 fully saturated rings. The van der Waals surface area contributed by atoms with Crippen LogP contribution < -0.4 is 5.32 Å². The van der Waals surface area contributed by atoms with Crippen LogP contribution in [-0.4, -0.2) is 18.5 Å². The summed E-state index contributed by atoms with van der Waals surface area (Å²) < 4.78 is 5.01. The summed E-state index contributed by atoms with van der Waals surface area (Å²) >= 11 is 5.92. The number of esters is 1. The smallest absolute Gasteiger partial charge is 0.340 e. The lowest BCUT2D eigenvalue weighted by Crippen LogP contribution is -2.31. The molecule has 1 atom stereocenters. The topological polar surface area (TPSA) is 55.4 Å². The van der Waals surface area contributed by atoms with Gasteiger partial charge in [-0.1, -0.05) is 41.9 Å². The second kappa shape index (κ2) is 7.97. The third kappa shape index (κ3) is 4.59. The van der Waals surface area contributed by atoms with E-state index in [2.05, 4.69) is 5.32 Å². The van der Waals surface area contributed by atoms with E-state index in [4.69, 9.17) is 16.3 Å². The fourth-order valence-corrected chi connectivity index (χ4v) is 2.45. The van der Waals surface area contributed by atoms with Gasteiger partial charge in [0, 0.05) is 0 Å². The van der Waals surface area contributed by atoms with E-state index < -0.39 is 5.97 Å². The Morgan fingerprint density at radius 3 is 2.50 bits per heavy atom. The largest absolute Gasteiger partial charge is 0.452 e. The van der Waals surface area contributed by atoms with E-state index in [9.17, 15) is 9.59 Å². The Bertz CT molecular complexity index is 758. The van der Waals surface area contributed by atoms with Crippen molar-refractivity contribution in [1.82, 2.24) is 5.32 Å². The van der Waals surface area contributed by atoms with Crippen molar-refractivity contribution in [3.8, 4) is 0 Å². The molecule has 24 heavy (non-hydrogen) atoms. The molecule has 0 bridgehead atoms. The molecule has 126 valence electrons. The highest BCUT2D eigenvalue weighted by molar-refractivity contribution is 6.33. The number of rotatable bonds is 5. The SMILES string of the molecule is Cc1ccc([C@@H](C)NC(=O)COC(=O)c2ccccc2Cl)cc1C. The van der Waals surface area contributed by atoms with E-state index in [1.165, 1.54) is 11.1 Å². The third-order valence-corrected chi connectivity index (χ3v) is 4.17. The second-order valence-electron chi connectivity index (χ2n) is 5.69. The molecule has 0 spiro atoms. The van der Waals surface area contributed by atoms with Gasteiger partial charge in [-0.05, 0) is 49.6 Å². The fraction of sp³-hybridized carbons (Fsp3) is 0.263. The van der Waals surface area contributed by atoms with Crippen LogP contribution in [0.15, 0.2) is 42.5 Å². The number of hydrogen-bond acceptors (Lipinski definition) is 3. The third-order valence-electron chi connectivity index (χ3n) is 3.84. The zero-order valence-electron chi connectivity index (χ0n) is 13.9. The Hall–Kier alpha value is -2.33. The number of aryl methyl sites for hydroxylation is 2. The van der Waals surface area contributed by atoms with E-state index in [1.807, 2.05) is 39.0 Å². The van der Waals surface area contributed by atoms with Crippen molar-refractivity contribution in [1.29, 1.82) is 0 Å². The van der Waals surface area contributed by atoms with E-state index in [0.29, 0.717) is 5.02 Å². The molecule has 1 N–H and O–H groups in total. The van der Waals surface area contributed by atoms with Crippen molar-refractivity contribution in [2.24, 2.45) is 0 Å². The summed E-state index contributed by atoms with van der Waals surface area (Å²) in [5.41, 5.74) is 3.61. The summed E-state index contributed by atoms with van der Waals surface area (Å²) in [5, 5.41) is 3.11. The van der Waals surface area contributed by atoms with Crippen LogP contribution >= 0.6 is 11.6 Å². The van der Waals surface area contributed by atoms with E-state index in [0.717, 1.165) is 5.56 Å². The van der Waals surface area contributed by atoms with Gasteiger partial charge in [-0.2, -0.15) is 0 Å². The number of carbonyl (C=O) groups is 2. The number of carbonyl (C=O) groups excluding carboxylic acids is 2. The second-order valence-corrected chi connectivity index (χ2v) is 6.10. The van der Waals surface area contributed by atoms with Crippen LogP contribution in [0.25, 0.3) is 0 Å². The molecule has 2 rings (SSSR count). The first-order chi connectivity index (χ1) is 11.4. The van der Waals surface area contributed by atoms with Gasteiger partial charge in [0.1, 0.15) is 0 Å². The lowest BCUT2D eigenvalue weighted by molar-refractivity contribution is -0.124. The van der Waals surface area contributed by atoms with Crippen molar-refractivity contribution >= 4 is 23.5 Å². The first-order valence-electron chi connectivity index (χ1n) is 7.66. The quantitative estimate of drug-likeness (QED) is 0.833. The monoisotopic (exact) mass is 345 g/mol. The van der Waals surface area contributed by atoms with Gasteiger partial charge in [0.05, 0.1) is 16.6 Å². The van der Waals surface area contributed by atoms with Crippen LogP contribution in [0.4, 0.5) is 0 Å². The van der Waals surface area contributed by atoms with Crippen LogP contribution in [0.5, 0.6) is 0 Å². The van der Waals surface area contributed by atoms with E-state index >= 15 is 0 Å². The van der Waals surface area contributed by atoms with Gasteiger partial charge in [0.2, 0.25) is 0 Å². The summed E-state index contributed by atoms with van der Waals surface area (Å²) in [6.45, 7) is 5.60. The molecule has 5 heteroatoms. The summed E-state index contributed by atoms with van der Waals surface area (Å²) in [6.07, 6.45) is 0. The predicted molar refractivity (Wildman–Crippen MR) is 94.2 cm³/mol. The van der Waals surface area contributed by atoms with Crippen molar-refractivity contribution in [3.63, 3.8) is 0 Å². The average Bonchev–Trinajstić information content (AvgIpc) is 2.55. The van der Waals surface area contributed by atoms with Crippen molar-refractivity contribution in [2.45, 2.75) is 26.8 Å². The molecule has 0 saturated carbocycles. The molecule has 0 aliphatic heterocycles. The average molecular weight is 346 g/mol. The highest BCUT2D eigenvalue weighted by Crippen LogP contribution is 2.17. The van der Waals surface area contributed by atoms with Crippen LogP contribution in [0, 0.1) is 13.8 Å². The number of nitrogens with one attached hydrogen (secondary N) is 1. The van der Waals surface area contributed by atoms with E-state index in [-0.39, 0.29) is 24.1 Å². The van der Waals surface area contributed by atoms with Crippen molar-refractivity contribution in [3.05, 3.63) is 69.7 Å². The number of hydrogen-bond donors (Lipinski definition) is 1. The summed E-state index contributed by atoms with van der Waals surface area (Å²) in [6, 6.07) is 12.4. The van der Waals surface area contributed by atoms with Crippen molar-refractivity contribution in [2.75, 3.05) is 6.61 Å². The number of ether oxygens (including phenoxy) is 1. The predicted octanol–water partition coefficient (Wildman–Crippen LogP) is 3.99. The zero-order valence-corrected chi connectivity index (χ0v) is 14.7. The highest BCUT2D eigenvalue weighted by Gasteiger charge is 2.15. The minimum Gasteiger partial charge on any atom is -0.452 e. The molecule has 0 aliphatic carbocycles. The molecular formula is C19H20ClNO3. The normalized spacial score (nSPS) is 11.7. The molecule has 2 aromatic rings. The summed E-state index contributed by atoms with van der Waals surface area (Å²) in [7, 11) is 0. The zero-order chi connectivity index (χ0) is 17.7. The Balaban J connectivity index is 1.90. The molecule has 4 nitrogen and oxygen atoms in total. The molecule has 1 amide bonds. The Morgan fingerprint density at radius 1 is 1.12 bits per heavy atom. The lowest BCUT2D eigenvalue weighted by atomic mass is 10.0. The highest BCUT2D eigenvalue weighted by atomic mass is 35.5. The summed E-state index contributed by atoms with van der Waals surface area (Å²) in [5.74, 6) is -0.976. The minimum atomic E-state index is -0.616. The fourth-order valence-electron chi connectivity index (χ4n) is 2.24. The van der Waals surface area contributed by atoms with Gasteiger partial charge in [-0.25, -0.2) is 4.79 Å². The molecular weight excluding hydrogens is 326 g/mol. The molecule has 0 aromatic heterocycles. The van der Waals surface area contributed by atoms with Crippen LogP contribution in [-0.2, 0) is 9.53 Å². The molecule has 0 radical (unpaired) electrons. The molecule has 0 aliphatic rings. The maximum Gasteiger partial charge on any atom is 0.340 e. The Kier molecular flexibility index (Phi) is 5.99. The first kappa shape index (κ1) is 18.0. The Morgan fingerprint density at radius 2 is 1.83 bits per heavy atom. The Labute approximate surface area is 146 Å². The van der Waals surface area contributed by atoms with Gasteiger partial charge in [-0.15, -0.1) is 0 Å². The minimum absolute atomic E-state index is 0.171. The molecule has 2 aromatic carbocycles. The van der Waals surface area contributed by atoms with Gasteiger partial charge in [0.15, 0.2) is 6.61 Å². The number of halogens is 1. The first-order valence-corrected chi connectivity index (χ1v) is 8.04.